The molecule has 10 aromatic rings. The lowest BCUT2D eigenvalue weighted by Gasteiger charge is -2.16. The minimum absolute atomic E-state index is 0.0103. The molecular weight excluding hydrogens is 1210 g/mol. The quantitative estimate of drug-likeness (QED) is 0.0253. The fourth-order valence-corrected chi connectivity index (χ4v) is 11.9. The van der Waals surface area contributed by atoms with Crippen molar-refractivity contribution in [2.45, 2.75) is 26.5 Å². The van der Waals surface area contributed by atoms with Crippen LogP contribution in [0.1, 0.15) is 11.1 Å². The number of rotatable bonds is 17. The van der Waals surface area contributed by atoms with E-state index in [0.29, 0.717) is 33.8 Å². The van der Waals surface area contributed by atoms with Crippen molar-refractivity contribution in [3.63, 3.8) is 0 Å². The second-order valence-corrected chi connectivity index (χ2v) is 24.9. The summed E-state index contributed by atoms with van der Waals surface area (Å²) >= 11 is -2.01. The highest BCUT2D eigenvalue weighted by Gasteiger charge is 2.25. The first kappa shape index (κ1) is 58.0. The first-order chi connectivity index (χ1) is 39.8. The van der Waals surface area contributed by atoms with Gasteiger partial charge in [0.05, 0.1) is 32.4 Å². The van der Waals surface area contributed by atoms with Gasteiger partial charge in [-0.1, -0.05) is 72.0 Å². The monoisotopic (exact) mass is 1250 g/mol. The van der Waals surface area contributed by atoms with E-state index < -0.39 is 83.0 Å². The highest BCUT2D eigenvalue weighted by molar-refractivity contribution is 7.87. The van der Waals surface area contributed by atoms with Crippen LogP contribution in [-0.4, -0.2) is 70.6 Å². The molecule has 2 aromatic heterocycles. The van der Waals surface area contributed by atoms with Gasteiger partial charge < -0.3 is 14.8 Å². The molecule has 0 saturated carbocycles. The SMILES string of the molecule is Cc1c(C#N)c(Nc2ccc(S(=O)(=O)O)cc2)nc(Nc2ccc(S(=O)(=O)O)cc2)c1N=Nc1nc(-c2ccc3ccccc3c2)c(N=Nc2ccc(N=Nc3cc(S(=O)(=O)O)c4cc(OS(=O)O)cc(S(=O)(=O)O)c4c3)c3ccccc23)s1. The largest absolute Gasteiger partial charge is 0.380 e. The van der Waals surface area contributed by atoms with Crippen molar-refractivity contribution >= 4 is 151 Å². The molecule has 2 heterocycles. The number of anilines is 4. The summed E-state index contributed by atoms with van der Waals surface area (Å²) in [6.07, 6.45) is 0. The molecule has 0 aliphatic carbocycles. The third-order valence-electron chi connectivity index (χ3n) is 12.3. The maximum atomic E-state index is 12.6. The zero-order valence-electron chi connectivity index (χ0n) is 42.2. The van der Waals surface area contributed by atoms with Crippen molar-refractivity contribution in [2.24, 2.45) is 30.7 Å². The molecule has 26 nitrogen and oxygen atoms in total. The van der Waals surface area contributed by atoms with E-state index in [1.165, 1.54) is 30.3 Å². The molecule has 0 fully saturated rings. The van der Waals surface area contributed by atoms with Crippen LogP contribution in [0.3, 0.4) is 0 Å². The van der Waals surface area contributed by atoms with Crippen molar-refractivity contribution < 1.29 is 64.8 Å². The molecule has 424 valence electrons. The van der Waals surface area contributed by atoms with E-state index in [1.54, 1.807) is 37.3 Å². The van der Waals surface area contributed by atoms with Crippen LogP contribution in [0, 0.1) is 18.3 Å². The summed E-state index contributed by atoms with van der Waals surface area (Å²) in [5, 5.41) is 45.4. The standard InChI is InChI=1S/C52H35N11O15S6/c1-28-42(27-53)49(54-32-12-16-36(17-13-32)81(66,67)68)57-50(55-33-14-18-37(19-15-33)82(69,70)71)47(28)61-63-52-56-48(31-11-10-29-6-2-3-7-30(29)22-31)51(79-52)62-60-44-21-20-43(38-8-4-5-9-39(38)44)59-58-34-23-40-41(45(24-34)83(72,73)74)25-35(78-80(64)65)26-46(40)84(75,76)77/h2-26H,1H3,(H,64,65)(H2,54,55,57)(H,66,67,68)(H,69,70,71)(H,72,73,74)(H,75,76,77). The van der Waals surface area contributed by atoms with E-state index >= 15 is 0 Å². The Kier molecular flexibility index (Phi) is 15.8. The van der Waals surface area contributed by atoms with Crippen LogP contribution in [0.25, 0.3) is 43.6 Å². The molecule has 10 rings (SSSR count). The lowest BCUT2D eigenvalue weighted by atomic mass is 10.1. The lowest BCUT2D eigenvalue weighted by molar-refractivity contribution is 0.455. The molecule has 0 bridgehead atoms. The Morgan fingerprint density at radius 2 is 1.11 bits per heavy atom. The summed E-state index contributed by atoms with van der Waals surface area (Å²) in [5.41, 5.74) is 1.96. The molecule has 0 aliphatic heterocycles. The van der Waals surface area contributed by atoms with Gasteiger partial charge >= 0.3 is 11.4 Å². The molecule has 1 atom stereocenters. The van der Waals surface area contributed by atoms with Gasteiger partial charge in [0.2, 0.25) is 5.13 Å². The summed E-state index contributed by atoms with van der Waals surface area (Å²) in [6, 6.07) is 38.6. The van der Waals surface area contributed by atoms with Gasteiger partial charge in [0.15, 0.2) is 16.6 Å². The minimum Gasteiger partial charge on any atom is -0.380 e. The van der Waals surface area contributed by atoms with Crippen molar-refractivity contribution in [3.05, 3.63) is 163 Å². The Bertz CT molecular complexity index is 5000. The number of hydrogen-bond donors (Lipinski definition) is 7. The van der Waals surface area contributed by atoms with E-state index in [-0.39, 0.29) is 66.2 Å². The van der Waals surface area contributed by atoms with E-state index in [2.05, 4.69) is 56.6 Å². The first-order valence-corrected chi connectivity index (χ1v) is 31.2. The van der Waals surface area contributed by atoms with Gasteiger partial charge in [0.1, 0.15) is 33.0 Å². The fourth-order valence-electron chi connectivity index (χ4n) is 8.48. The Morgan fingerprint density at radius 1 is 0.560 bits per heavy atom. The summed E-state index contributed by atoms with van der Waals surface area (Å²) in [6.45, 7) is 1.57. The Morgan fingerprint density at radius 3 is 1.68 bits per heavy atom. The van der Waals surface area contributed by atoms with Crippen molar-refractivity contribution in [3.8, 4) is 23.1 Å². The number of pyridine rings is 1. The number of benzene rings is 8. The highest BCUT2D eigenvalue weighted by atomic mass is 32.2. The Labute approximate surface area is 482 Å². The van der Waals surface area contributed by atoms with Crippen LogP contribution in [-0.2, 0) is 51.8 Å². The van der Waals surface area contributed by atoms with E-state index in [0.717, 1.165) is 64.6 Å². The number of nitrogens with zero attached hydrogens (tertiary/aromatic N) is 9. The zero-order chi connectivity index (χ0) is 59.9. The van der Waals surface area contributed by atoms with Crippen LogP contribution in [0.2, 0.25) is 0 Å². The minimum atomic E-state index is -5.16. The van der Waals surface area contributed by atoms with E-state index in [9.17, 15) is 65.9 Å². The van der Waals surface area contributed by atoms with Crippen LogP contribution in [0.5, 0.6) is 5.75 Å². The topological polar surface area (TPSA) is 412 Å². The second kappa shape index (κ2) is 22.8. The molecule has 84 heavy (non-hydrogen) atoms. The van der Waals surface area contributed by atoms with Gasteiger partial charge in [-0.05, 0) is 103 Å². The van der Waals surface area contributed by atoms with Crippen LogP contribution in [0.4, 0.5) is 55.9 Å². The van der Waals surface area contributed by atoms with Crippen LogP contribution in [0.15, 0.2) is 202 Å². The second-order valence-electron chi connectivity index (χ2n) is 17.7. The number of azo groups is 3. The number of nitriles is 1. The molecule has 7 N–H and O–H groups in total. The molecule has 0 aliphatic rings. The number of thiazole rings is 1. The molecule has 0 amide bonds. The van der Waals surface area contributed by atoms with E-state index in [4.69, 9.17) is 4.98 Å². The molecule has 1 unspecified atom stereocenters. The number of fused-ring (bicyclic) bond motifs is 3. The van der Waals surface area contributed by atoms with Crippen molar-refractivity contribution in [1.82, 2.24) is 9.97 Å². The lowest BCUT2D eigenvalue weighted by Crippen LogP contribution is -2.05. The number of aromatic nitrogens is 2. The van der Waals surface area contributed by atoms with Gasteiger partial charge in [0.25, 0.3) is 40.5 Å². The maximum absolute atomic E-state index is 12.6. The van der Waals surface area contributed by atoms with Gasteiger partial charge in [-0.25, -0.2) is 9.97 Å². The smallest absolute Gasteiger partial charge is 0.357 e. The normalized spacial score (nSPS) is 12.9. The molecule has 0 radical (unpaired) electrons. The predicted octanol–water partition coefficient (Wildman–Crippen LogP) is 13.1. The average molecular weight is 1250 g/mol. The summed E-state index contributed by atoms with van der Waals surface area (Å²) in [5.74, 6) is -0.661. The summed E-state index contributed by atoms with van der Waals surface area (Å²) < 4.78 is 162. The Balaban J connectivity index is 1.04. The number of hydrogen-bond acceptors (Lipinski definition) is 22. The molecular formula is C52H35N11O15S6. The zero-order valence-corrected chi connectivity index (χ0v) is 47.1. The molecule has 32 heteroatoms. The molecule has 8 aromatic carbocycles. The van der Waals surface area contributed by atoms with Gasteiger partial charge in [-0.15, -0.1) is 25.6 Å². The summed E-state index contributed by atoms with van der Waals surface area (Å²) in [4.78, 5) is 6.85. The predicted molar refractivity (Wildman–Crippen MR) is 309 cm³/mol. The van der Waals surface area contributed by atoms with Crippen molar-refractivity contribution in [2.75, 3.05) is 10.6 Å². The Hall–Kier alpha value is -9.24. The van der Waals surface area contributed by atoms with Crippen LogP contribution >= 0.6 is 11.3 Å². The summed E-state index contributed by atoms with van der Waals surface area (Å²) in [7, 11) is -19.4. The fraction of sp³-hybridized carbons (Fsp3) is 0.0192. The van der Waals surface area contributed by atoms with Crippen LogP contribution < -0.4 is 14.8 Å². The van der Waals surface area contributed by atoms with Gasteiger partial charge in [-0.3, -0.25) is 22.8 Å². The molecule has 0 spiro atoms. The van der Waals surface area contributed by atoms with Crippen molar-refractivity contribution in [1.29, 1.82) is 5.26 Å². The highest BCUT2D eigenvalue weighted by Crippen LogP contribution is 2.45. The third-order valence-corrected chi connectivity index (χ3v) is 17.0. The first-order valence-electron chi connectivity index (χ1n) is 23.6. The van der Waals surface area contributed by atoms with Gasteiger partial charge in [-0.2, -0.15) is 48.3 Å². The van der Waals surface area contributed by atoms with Gasteiger partial charge in [0, 0.05) is 50.1 Å². The number of nitrogens with one attached hydrogen (secondary N) is 2. The average Bonchev–Trinajstić information content (AvgIpc) is 1.90. The maximum Gasteiger partial charge on any atom is 0.357 e. The molecule has 0 saturated heterocycles. The van der Waals surface area contributed by atoms with E-state index in [1.807, 2.05) is 42.5 Å². The third kappa shape index (κ3) is 12.7.